The first-order valence-electron chi connectivity index (χ1n) is 6.28. The minimum Gasteiger partial charge on any atom is -0.331 e. The van der Waals surface area contributed by atoms with Crippen LogP contribution in [-0.4, -0.2) is 10.8 Å². The monoisotopic (exact) mass is 275 g/mol. The zero-order chi connectivity index (χ0) is 13.2. The Morgan fingerprint density at radius 1 is 1.32 bits per heavy atom. The van der Waals surface area contributed by atoms with Crippen molar-refractivity contribution in [1.82, 2.24) is 5.43 Å². The summed E-state index contributed by atoms with van der Waals surface area (Å²) in [5.74, 6) is 0.985. The average Bonchev–Trinajstić information content (AvgIpc) is 2.74. The molecule has 5 heteroatoms. The number of thiocarbonyl (C=S) groups is 1. The molecular weight excluding hydrogens is 261 g/mol. The van der Waals surface area contributed by atoms with Crippen LogP contribution in [-0.2, 0) is 0 Å². The molecule has 0 aliphatic heterocycles. The molecule has 0 radical (unpaired) electrons. The largest absolute Gasteiger partial charge is 0.331 e. The fourth-order valence-corrected chi connectivity index (χ4v) is 2.64. The number of halogens is 1. The first-order valence-corrected chi connectivity index (χ1v) is 6.69. The van der Waals surface area contributed by atoms with Gasteiger partial charge in [0, 0.05) is 17.3 Å². The van der Waals surface area contributed by atoms with Crippen LogP contribution in [0, 0.1) is 17.7 Å². The highest BCUT2D eigenvalue weighted by molar-refractivity contribution is 7.80. The number of allylic oxidation sites excluding steroid dienone is 2. The fourth-order valence-electron chi connectivity index (χ4n) is 2.48. The van der Waals surface area contributed by atoms with Gasteiger partial charge in [-0.05, 0) is 55.2 Å². The molecule has 3 rings (SSSR count). The van der Waals surface area contributed by atoms with Crippen LogP contribution in [0.25, 0.3) is 0 Å². The molecule has 0 saturated heterocycles. The van der Waals surface area contributed by atoms with Crippen molar-refractivity contribution in [3.63, 3.8) is 0 Å². The Labute approximate surface area is 116 Å². The van der Waals surface area contributed by atoms with Crippen molar-refractivity contribution in [3.8, 4) is 0 Å². The van der Waals surface area contributed by atoms with Crippen molar-refractivity contribution in [3.05, 3.63) is 42.2 Å². The maximum absolute atomic E-state index is 12.8. The van der Waals surface area contributed by atoms with E-state index < -0.39 is 0 Å². The number of anilines is 1. The van der Waals surface area contributed by atoms with Gasteiger partial charge in [-0.15, -0.1) is 0 Å². The van der Waals surface area contributed by atoms with Crippen LogP contribution in [0.3, 0.4) is 0 Å². The van der Waals surface area contributed by atoms with Gasteiger partial charge < -0.3 is 5.32 Å². The Morgan fingerprint density at radius 2 is 2.11 bits per heavy atom. The minimum atomic E-state index is -0.265. The molecule has 2 atom stereocenters. The summed E-state index contributed by atoms with van der Waals surface area (Å²) in [6.07, 6.45) is 6.59. The molecule has 2 N–H and O–H groups in total. The Morgan fingerprint density at radius 3 is 2.84 bits per heavy atom. The summed E-state index contributed by atoms with van der Waals surface area (Å²) in [5.41, 5.74) is 4.77. The number of nitrogens with zero attached hydrogens (tertiary/aromatic N) is 1. The molecule has 2 aliphatic rings. The van der Waals surface area contributed by atoms with Crippen molar-refractivity contribution >= 4 is 28.7 Å². The summed E-state index contributed by atoms with van der Waals surface area (Å²) >= 11 is 5.14. The first kappa shape index (κ1) is 12.3. The van der Waals surface area contributed by atoms with Gasteiger partial charge in [-0.25, -0.2) is 4.39 Å². The molecule has 1 fully saturated rings. The van der Waals surface area contributed by atoms with Crippen LogP contribution < -0.4 is 10.7 Å². The lowest BCUT2D eigenvalue weighted by atomic mass is 9.74. The van der Waals surface area contributed by atoms with E-state index in [4.69, 9.17) is 12.2 Å². The molecule has 0 amide bonds. The van der Waals surface area contributed by atoms with Crippen molar-refractivity contribution < 1.29 is 4.39 Å². The van der Waals surface area contributed by atoms with Crippen LogP contribution in [0.5, 0.6) is 0 Å². The first-order chi connectivity index (χ1) is 9.22. The molecule has 1 aromatic carbocycles. The van der Waals surface area contributed by atoms with Gasteiger partial charge in [0.2, 0.25) is 0 Å². The number of rotatable bonds is 2. The van der Waals surface area contributed by atoms with Crippen LogP contribution in [0.2, 0.25) is 0 Å². The maximum atomic E-state index is 12.8. The number of benzene rings is 1. The van der Waals surface area contributed by atoms with Gasteiger partial charge in [-0.1, -0.05) is 12.2 Å². The van der Waals surface area contributed by atoms with E-state index in [9.17, 15) is 4.39 Å². The summed E-state index contributed by atoms with van der Waals surface area (Å²) in [6.45, 7) is 0. The van der Waals surface area contributed by atoms with Gasteiger partial charge in [0.15, 0.2) is 5.11 Å². The van der Waals surface area contributed by atoms with Gasteiger partial charge in [0.05, 0.1) is 0 Å². The van der Waals surface area contributed by atoms with E-state index in [1.807, 2.05) is 0 Å². The second-order valence-electron chi connectivity index (χ2n) is 4.81. The third-order valence-corrected chi connectivity index (χ3v) is 3.76. The summed E-state index contributed by atoms with van der Waals surface area (Å²) in [7, 11) is 0. The number of nitrogens with one attached hydrogen (secondary N) is 2. The quantitative estimate of drug-likeness (QED) is 0.495. The molecule has 19 heavy (non-hydrogen) atoms. The van der Waals surface area contributed by atoms with E-state index in [0.717, 1.165) is 18.5 Å². The van der Waals surface area contributed by atoms with E-state index in [-0.39, 0.29) is 5.82 Å². The van der Waals surface area contributed by atoms with Crippen LogP contribution >= 0.6 is 12.2 Å². The van der Waals surface area contributed by atoms with Gasteiger partial charge in [-0.3, -0.25) is 5.43 Å². The van der Waals surface area contributed by atoms with Gasteiger partial charge in [0.1, 0.15) is 5.82 Å². The van der Waals surface area contributed by atoms with E-state index in [0.29, 0.717) is 16.9 Å². The van der Waals surface area contributed by atoms with E-state index in [1.54, 1.807) is 12.1 Å². The highest BCUT2D eigenvalue weighted by atomic mass is 32.1. The SMILES string of the molecule is Fc1ccc(NC(=S)N/N=C2/C[C@H]3C=CC[C@@H]23)cc1. The van der Waals surface area contributed by atoms with Crippen LogP contribution in [0.4, 0.5) is 10.1 Å². The third-order valence-electron chi connectivity index (χ3n) is 3.57. The summed E-state index contributed by atoms with van der Waals surface area (Å²) in [5, 5.41) is 7.72. The highest BCUT2D eigenvalue weighted by Gasteiger charge is 2.37. The lowest BCUT2D eigenvalue weighted by molar-refractivity contribution is 0.463. The van der Waals surface area contributed by atoms with E-state index in [2.05, 4.69) is 28.0 Å². The number of hydrogen-bond donors (Lipinski definition) is 2. The maximum Gasteiger partial charge on any atom is 0.191 e. The number of hydrogen-bond acceptors (Lipinski definition) is 2. The Balaban J connectivity index is 1.52. The smallest absolute Gasteiger partial charge is 0.191 e. The van der Waals surface area contributed by atoms with E-state index >= 15 is 0 Å². The molecule has 0 unspecified atom stereocenters. The minimum absolute atomic E-state index is 0.265. The predicted molar refractivity (Wildman–Crippen MR) is 78.5 cm³/mol. The van der Waals surface area contributed by atoms with Crippen molar-refractivity contribution in [1.29, 1.82) is 0 Å². The molecular formula is C14H14FN3S. The van der Waals surface area contributed by atoms with Crippen molar-refractivity contribution in [2.45, 2.75) is 12.8 Å². The molecule has 98 valence electrons. The topological polar surface area (TPSA) is 36.4 Å². The molecule has 1 saturated carbocycles. The molecule has 0 bridgehead atoms. The van der Waals surface area contributed by atoms with Crippen LogP contribution in [0.15, 0.2) is 41.5 Å². The second-order valence-corrected chi connectivity index (χ2v) is 5.22. The zero-order valence-electron chi connectivity index (χ0n) is 10.3. The lowest BCUT2D eigenvalue weighted by Gasteiger charge is -2.31. The van der Waals surface area contributed by atoms with Gasteiger partial charge in [-0.2, -0.15) is 5.10 Å². The molecule has 2 aliphatic carbocycles. The third kappa shape index (κ3) is 2.66. The Bertz CT molecular complexity index is 550. The lowest BCUT2D eigenvalue weighted by Crippen LogP contribution is -2.36. The fraction of sp³-hybridized carbons (Fsp3) is 0.286. The highest BCUT2D eigenvalue weighted by Crippen LogP contribution is 2.39. The van der Waals surface area contributed by atoms with Crippen molar-refractivity contribution in [2.24, 2.45) is 16.9 Å². The van der Waals surface area contributed by atoms with Crippen LogP contribution in [0.1, 0.15) is 12.8 Å². The summed E-state index contributed by atoms with van der Waals surface area (Å²) in [4.78, 5) is 0. The Kier molecular flexibility index (Phi) is 3.29. The van der Waals surface area contributed by atoms with Crippen molar-refractivity contribution in [2.75, 3.05) is 5.32 Å². The summed E-state index contributed by atoms with van der Waals surface area (Å²) < 4.78 is 12.8. The van der Waals surface area contributed by atoms with Gasteiger partial charge >= 0.3 is 0 Å². The number of fused-ring (bicyclic) bond motifs is 1. The second kappa shape index (κ2) is 5.09. The predicted octanol–water partition coefficient (Wildman–Crippen LogP) is 3.06. The molecule has 1 aromatic rings. The molecule has 0 aromatic heterocycles. The Hall–Kier alpha value is -1.75. The average molecular weight is 275 g/mol. The number of hydrazone groups is 1. The van der Waals surface area contributed by atoms with E-state index in [1.165, 1.54) is 17.8 Å². The molecule has 3 nitrogen and oxygen atoms in total. The van der Waals surface area contributed by atoms with Gasteiger partial charge in [0.25, 0.3) is 0 Å². The summed E-state index contributed by atoms with van der Waals surface area (Å²) in [6, 6.07) is 6.04. The molecule has 0 heterocycles. The zero-order valence-corrected chi connectivity index (χ0v) is 11.1. The molecule has 0 spiro atoms. The normalized spacial score (nSPS) is 25.8. The standard InChI is InChI=1S/C14H14FN3S/c15-10-4-6-11(7-5-10)16-14(19)18-17-13-8-9-2-1-3-12(9)13/h1-2,4-7,9,12H,3,8H2,(H2,16,18,19)/b17-13-/t9-,12-/m1/s1.